The molecule has 0 N–H and O–H groups in total. The molecule has 13 heteroatoms. The molecule has 0 spiro atoms. The van der Waals surface area contributed by atoms with Gasteiger partial charge in [-0.25, -0.2) is 4.79 Å². The van der Waals surface area contributed by atoms with Crippen LogP contribution >= 0.6 is 0 Å². The molecule has 0 unspecified atom stereocenters. The fourth-order valence-corrected chi connectivity index (χ4v) is 6.17. The molecule has 256 valence electrons. The average molecular weight is 677 g/mol. The van der Waals surface area contributed by atoms with Gasteiger partial charge in [0.15, 0.2) is 16.6 Å². The Kier molecular flexibility index (Phi) is 12.5. The van der Waals surface area contributed by atoms with E-state index in [4.69, 9.17) is 27.8 Å². The summed E-state index contributed by atoms with van der Waals surface area (Å²) in [5, 5.41) is -0.328. The second kappa shape index (κ2) is 14.4. The van der Waals surface area contributed by atoms with Crippen molar-refractivity contribution in [3.63, 3.8) is 0 Å². The van der Waals surface area contributed by atoms with Crippen LogP contribution in [-0.2, 0) is 43.0 Å². The molecule has 5 atom stereocenters. The van der Waals surface area contributed by atoms with E-state index in [1.54, 1.807) is 0 Å². The first-order valence-electron chi connectivity index (χ1n) is 15.1. The smallest absolute Gasteiger partial charge is 0.432 e. The Morgan fingerprint density at radius 1 is 0.778 bits per heavy atom. The summed E-state index contributed by atoms with van der Waals surface area (Å²) in [4.78, 5) is 25.7. The molecule has 0 radical (unpaired) electrons. The lowest BCUT2D eigenvalue weighted by atomic mass is 9.92. The van der Waals surface area contributed by atoms with Gasteiger partial charge in [-0.2, -0.15) is 13.2 Å². The molecule has 1 aliphatic rings. The van der Waals surface area contributed by atoms with Crippen molar-refractivity contribution < 1.29 is 50.6 Å². The van der Waals surface area contributed by atoms with E-state index < -0.39 is 70.3 Å². The zero-order valence-corrected chi connectivity index (χ0v) is 30.7. The monoisotopic (exact) mass is 676 g/mol. The number of carbonyl (C=O) groups is 2. The third kappa shape index (κ3) is 9.28. The molecule has 0 saturated heterocycles. The minimum Gasteiger partial charge on any atom is -0.455 e. The van der Waals surface area contributed by atoms with Crippen LogP contribution in [0.4, 0.5) is 13.2 Å². The molecular weight excluding hydrogens is 626 g/mol. The van der Waals surface area contributed by atoms with Gasteiger partial charge in [-0.15, -0.1) is 0 Å². The number of halogens is 3. The van der Waals surface area contributed by atoms with Crippen LogP contribution in [0.3, 0.4) is 0 Å². The second-order valence-electron chi connectivity index (χ2n) is 14.4. The molecule has 1 aliphatic heterocycles. The summed E-state index contributed by atoms with van der Waals surface area (Å²) in [5.74, 6) is -2.26. The lowest BCUT2D eigenvalue weighted by molar-refractivity contribution is -0.279. The number of ether oxygens (including phenoxy) is 4. The zero-order chi connectivity index (χ0) is 34.6. The Morgan fingerprint density at radius 2 is 1.20 bits per heavy atom. The Balaban J connectivity index is 2.58. The summed E-state index contributed by atoms with van der Waals surface area (Å²) < 4.78 is 79.5. The van der Waals surface area contributed by atoms with Gasteiger partial charge in [-0.1, -0.05) is 71.9 Å². The molecule has 0 aromatic heterocycles. The van der Waals surface area contributed by atoms with Gasteiger partial charge in [-0.3, -0.25) is 4.79 Å². The highest BCUT2D eigenvalue weighted by Crippen LogP contribution is 2.44. The molecule has 45 heavy (non-hydrogen) atoms. The van der Waals surface area contributed by atoms with E-state index in [-0.39, 0.29) is 23.3 Å². The average Bonchev–Trinajstić information content (AvgIpc) is 3.04. The molecule has 1 aromatic carbocycles. The van der Waals surface area contributed by atoms with Crippen molar-refractivity contribution in [1.82, 2.24) is 0 Å². The van der Waals surface area contributed by atoms with E-state index in [0.29, 0.717) is 0 Å². The van der Waals surface area contributed by atoms with Crippen LogP contribution in [0.2, 0.25) is 36.3 Å². The Hall–Kier alpha value is -2.04. The number of esters is 2. The fourth-order valence-electron chi connectivity index (χ4n) is 4.14. The van der Waals surface area contributed by atoms with Crippen molar-refractivity contribution in [3.8, 4) is 0 Å². The molecule has 0 amide bonds. The van der Waals surface area contributed by atoms with Crippen LogP contribution in [0, 0.1) is 0 Å². The van der Waals surface area contributed by atoms with E-state index in [1.807, 2.05) is 33.9 Å². The van der Waals surface area contributed by atoms with E-state index in [2.05, 4.69) is 33.9 Å². The topological polar surface area (TPSA) is 89.5 Å². The maximum Gasteiger partial charge on any atom is 0.432 e. The Labute approximate surface area is 268 Å². The molecule has 2 rings (SSSR count). The normalized spacial score (nSPS) is 23.2. The van der Waals surface area contributed by atoms with Gasteiger partial charge in [0.05, 0.1) is 13.2 Å². The van der Waals surface area contributed by atoms with Gasteiger partial charge in [0.2, 0.25) is 0 Å². The van der Waals surface area contributed by atoms with Crippen molar-refractivity contribution in [3.05, 3.63) is 48.0 Å². The van der Waals surface area contributed by atoms with Crippen LogP contribution in [0.25, 0.3) is 0 Å². The van der Waals surface area contributed by atoms with Crippen LogP contribution in [-0.4, -0.2) is 79.5 Å². The summed E-state index contributed by atoms with van der Waals surface area (Å²) >= 11 is 0. The minimum atomic E-state index is -5.16. The Morgan fingerprint density at radius 3 is 1.56 bits per heavy atom. The van der Waals surface area contributed by atoms with Crippen molar-refractivity contribution in [2.45, 2.75) is 121 Å². The maximum atomic E-state index is 14.7. The molecule has 0 aliphatic carbocycles. The number of methoxy groups -OCH3 is 1. The van der Waals surface area contributed by atoms with E-state index in [9.17, 15) is 22.8 Å². The van der Waals surface area contributed by atoms with Crippen molar-refractivity contribution in [2.75, 3.05) is 20.3 Å². The fraction of sp³-hybridized carbons (Fsp3) is 0.688. The van der Waals surface area contributed by atoms with Gasteiger partial charge >= 0.3 is 18.1 Å². The van der Waals surface area contributed by atoms with Crippen LogP contribution in [0.5, 0.6) is 0 Å². The molecule has 1 heterocycles. The molecule has 0 fully saturated rings. The summed E-state index contributed by atoms with van der Waals surface area (Å²) in [6, 6.07) is 6.59. The van der Waals surface area contributed by atoms with Gasteiger partial charge in [-0.05, 0) is 48.4 Å². The zero-order valence-electron chi connectivity index (χ0n) is 28.7. The first-order valence-corrected chi connectivity index (χ1v) is 20.9. The largest absolute Gasteiger partial charge is 0.455 e. The first-order chi connectivity index (χ1) is 20.4. The first kappa shape index (κ1) is 39.1. The lowest BCUT2D eigenvalue weighted by Gasteiger charge is -2.40. The predicted octanol–water partition coefficient (Wildman–Crippen LogP) is 7.30. The number of carbonyl (C=O) groups excluding carboxylic acids is 2. The summed E-state index contributed by atoms with van der Waals surface area (Å²) in [6.45, 7) is 21.7. The molecule has 8 nitrogen and oxygen atoms in total. The minimum absolute atomic E-state index is 0.0324. The van der Waals surface area contributed by atoms with Gasteiger partial charge in [0.25, 0.3) is 5.60 Å². The summed E-state index contributed by atoms with van der Waals surface area (Å²) in [7, 11) is -3.89. The van der Waals surface area contributed by atoms with Crippen LogP contribution in [0.1, 0.15) is 54.0 Å². The third-order valence-electron chi connectivity index (χ3n) is 9.12. The SMILES string of the molecule is CO[C@@](C(=O)O[C@H]1C=C[C@@H](OC(C)=O)[C@H](CO[Si](C)(C)C(C)(C)C)O[C@@H]1CO[Si](C)(C)C(C)(C)C)(c1ccccc1)C(F)(F)F. The summed E-state index contributed by atoms with van der Waals surface area (Å²) in [6.07, 6.45) is -6.54. The van der Waals surface area contributed by atoms with Gasteiger partial charge in [0.1, 0.15) is 24.4 Å². The predicted molar refractivity (Wildman–Crippen MR) is 171 cm³/mol. The molecule has 0 bridgehead atoms. The highest BCUT2D eigenvalue weighted by molar-refractivity contribution is 6.74. The van der Waals surface area contributed by atoms with Crippen molar-refractivity contribution in [1.29, 1.82) is 0 Å². The Bertz CT molecular complexity index is 1180. The highest BCUT2D eigenvalue weighted by Gasteiger charge is 2.64. The maximum absolute atomic E-state index is 14.7. The van der Waals surface area contributed by atoms with Gasteiger partial charge in [0, 0.05) is 19.6 Å². The lowest BCUT2D eigenvalue weighted by Crippen LogP contribution is -2.54. The second-order valence-corrected chi connectivity index (χ2v) is 24.1. The van der Waals surface area contributed by atoms with Crippen molar-refractivity contribution in [2.24, 2.45) is 0 Å². The summed E-state index contributed by atoms with van der Waals surface area (Å²) in [5.41, 5.74) is -3.84. The van der Waals surface area contributed by atoms with Gasteiger partial charge < -0.3 is 27.8 Å². The van der Waals surface area contributed by atoms with Crippen LogP contribution in [0.15, 0.2) is 42.5 Å². The van der Waals surface area contributed by atoms with E-state index in [1.165, 1.54) is 37.3 Å². The number of alkyl halides is 3. The van der Waals surface area contributed by atoms with Crippen LogP contribution < -0.4 is 0 Å². The molecule has 0 saturated carbocycles. The van der Waals surface area contributed by atoms with Crippen molar-refractivity contribution >= 4 is 28.6 Å². The van der Waals surface area contributed by atoms with E-state index in [0.717, 1.165) is 19.2 Å². The van der Waals surface area contributed by atoms with E-state index >= 15 is 0 Å². The number of rotatable bonds is 11. The number of hydrogen-bond acceptors (Lipinski definition) is 8. The number of hydrogen-bond donors (Lipinski definition) is 0. The molecular formula is C32H51F3O8Si2. The quantitative estimate of drug-likeness (QED) is 0.137. The third-order valence-corrected chi connectivity index (χ3v) is 18.1. The standard InChI is InChI=1S/C32H51F3O8Si2/c1-22(36)41-24-18-19-25(43-28(37)31(38-8,32(33,34)35)23-16-14-13-15-17-23)27(21-40-45(11,12)30(5,6)7)42-26(24)20-39-44(9,10)29(2,3)4/h13-19,24-27H,20-21H2,1-12H3/t24-,25+,26+,27-,31-/m1/s1. The molecule has 1 aromatic rings. The highest BCUT2D eigenvalue weighted by atomic mass is 28.4. The number of benzene rings is 1.